The van der Waals surface area contributed by atoms with E-state index in [2.05, 4.69) is 134 Å². The minimum absolute atomic E-state index is 0.0654. The van der Waals surface area contributed by atoms with Crippen molar-refractivity contribution in [3.05, 3.63) is 126 Å². The van der Waals surface area contributed by atoms with Gasteiger partial charge in [0.2, 0.25) is 0 Å². The van der Waals surface area contributed by atoms with Gasteiger partial charge < -0.3 is 4.57 Å². The summed E-state index contributed by atoms with van der Waals surface area (Å²) in [6.07, 6.45) is 0. The van der Waals surface area contributed by atoms with Gasteiger partial charge in [-0.15, -0.1) is 0 Å². The summed E-state index contributed by atoms with van der Waals surface area (Å²) in [6, 6.07) is 42.9. The molecule has 6 aromatic carbocycles. The van der Waals surface area contributed by atoms with Crippen molar-refractivity contribution in [2.75, 3.05) is 0 Å². The lowest BCUT2D eigenvalue weighted by Crippen LogP contribution is -2.15. The van der Waals surface area contributed by atoms with Gasteiger partial charge in [0.05, 0.1) is 16.7 Å². The molecule has 38 heavy (non-hydrogen) atoms. The van der Waals surface area contributed by atoms with Crippen LogP contribution in [-0.4, -0.2) is 4.57 Å². The minimum Gasteiger partial charge on any atom is -0.309 e. The van der Waals surface area contributed by atoms with Crippen molar-refractivity contribution in [2.24, 2.45) is 0 Å². The Labute approximate surface area is 221 Å². The summed E-state index contributed by atoms with van der Waals surface area (Å²) in [5, 5.41) is 5.38. The molecule has 0 spiro atoms. The topological polar surface area (TPSA) is 4.93 Å². The van der Waals surface area contributed by atoms with Crippen LogP contribution in [0.3, 0.4) is 0 Å². The highest BCUT2D eigenvalue weighted by molar-refractivity contribution is 6.19. The van der Waals surface area contributed by atoms with Crippen molar-refractivity contribution in [2.45, 2.75) is 19.3 Å². The molecule has 0 bridgehead atoms. The van der Waals surface area contributed by atoms with E-state index in [1.54, 1.807) is 0 Å². The van der Waals surface area contributed by atoms with Gasteiger partial charge in [-0.25, -0.2) is 0 Å². The van der Waals surface area contributed by atoms with Crippen LogP contribution in [0.2, 0.25) is 0 Å². The summed E-state index contributed by atoms with van der Waals surface area (Å²) in [5.41, 5.74) is 14.7. The van der Waals surface area contributed by atoms with Crippen LogP contribution in [0.15, 0.2) is 115 Å². The molecule has 0 fully saturated rings. The van der Waals surface area contributed by atoms with Crippen LogP contribution in [0.25, 0.3) is 71.6 Å². The summed E-state index contributed by atoms with van der Waals surface area (Å²) in [4.78, 5) is 0. The first-order valence-electron chi connectivity index (χ1n) is 13.5. The summed E-state index contributed by atoms with van der Waals surface area (Å²) < 4.78 is 2.51. The molecule has 1 nitrogen and oxygen atoms in total. The molecule has 7 aromatic rings. The normalized spacial score (nSPS) is 14.3. The zero-order chi connectivity index (χ0) is 25.2. The van der Waals surface area contributed by atoms with Crippen molar-refractivity contribution in [3.8, 4) is 39.1 Å². The minimum atomic E-state index is -0.0654. The predicted octanol–water partition coefficient (Wildman–Crippen LogP) is 9.89. The molecule has 0 atom stereocenters. The maximum atomic E-state index is 2.51. The molecule has 0 N–H and O–H groups in total. The SMILES string of the molecule is CC1(C)c2ccccc2-c2ccc3c(c21)c1ccccc1n3-c1ccc2c3c(cccc13)-c1ccccc1-2. The van der Waals surface area contributed by atoms with Crippen LogP contribution in [0.4, 0.5) is 0 Å². The lowest BCUT2D eigenvalue weighted by atomic mass is 9.80. The highest BCUT2D eigenvalue weighted by atomic mass is 15.0. The van der Waals surface area contributed by atoms with Crippen LogP contribution in [-0.2, 0) is 5.41 Å². The maximum Gasteiger partial charge on any atom is 0.0544 e. The van der Waals surface area contributed by atoms with Gasteiger partial charge in [-0.05, 0) is 68.1 Å². The predicted molar refractivity (Wildman–Crippen MR) is 160 cm³/mol. The summed E-state index contributed by atoms with van der Waals surface area (Å²) in [7, 11) is 0. The molecule has 0 saturated carbocycles. The molecule has 2 aliphatic carbocycles. The fourth-order valence-electron chi connectivity index (χ4n) is 7.58. The lowest BCUT2D eigenvalue weighted by Gasteiger charge is -2.22. The number of nitrogens with zero attached hydrogens (tertiary/aromatic N) is 1. The molecule has 178 valence electrons. The monoisotopic (exact) mass is 483 g/mol. The Balaban J connectivity index is 1.43. The summed E-state index contributed by atoms with van der Waals surface area (Å²) in [6.45, 7) is 4.78. The summed E-state index contributed by atoms with van der Waals surface area (Å²) in [5.74, 6) is 0. The molecule has 0 amide bonds. The van der Waals surface area contributed by atoms with Gasteiger partial charge in [-0.3, -0.25) is 0 Å². The second kappa shape index (κ2) is 6.82. The summed E-state index contributed by atoms with van der Waals surface area (Å²) >= 11 is 0. The first-order chi connectivity index (χ1) is 18.6. The van der Waals surface area contributed by atoms with Gasteiger partial charge in [-0.1, -0.05) is 111 Å². The first kappa shape index (κ1) is 20.4. The number of rotatable bonds is 1. The van der Waals surface area contributed by atoms with Crippen molar-refractivity contribution >= 4 is 32.6 Å². The van der Waals surface area contributed by atoms with Crippen molar-refractivity contribution in [1.29, 1.82) is 0 Å². The van der Waals surface area contributed by atoms with Crippen LogP contribution < -0.4 is 0 Å². The molecular formula is C37H25N. The fourth-order valence-corrected chi connectivity index (χ4v) is 7.58. The Kier molecular flexibility index (Phi) is 3.67. The molecule has 2 aliphatic rings. The van der Waals surface area contributed by atoms with Gasteiger partial charge in [0, 0.05) is 21.6 Å². The Bertz CT molecular complexity index is 2130. The number of hydrogen-bond donors (Lipinski definition) is 0. The van der Waals surface area contributed by atoms with E-state index in [0.717, 1.165) is 0 Å². The lowest BCUT2D eigenvalue weighted by molar-refractivity contribution is 0.666. The molecule has 0 aliphatic heterocycles. The molecule has 1 heteroatoms. The smallest absolute Gasteiger partial charge is 0.0544 e. The molecular weight excluding hydrogens is 458 g/mol. The van der Waals surface area contributed by atoms with Crippen molar-refractivity contribution in [1.82, 2.24) is 4.57 Å². The molecule has 0 saturated heterocycles. The van der Waals surface area contributed by atoms with E-state index in [4.69, 9.17) is 0 Å². The molecule has 1 heterocycles. The largest absolute Gasteiger partial charge is 0.309 e. The second-order valence-electron chi connectivity index (χ2n) is 11.3. The van der Waals surface area contributed by atoms with Crippen LogP contribution in [0, 0.1) is 0 Å². The number of fused-ring (bicyclic) bond motifs is 10. The second-order valence-corrected chi connectivity index (χ2v) is 11.3. The van der Waals surface area contributed by atoms with E-state index in [1.807, 2.05) is 0 Å². The third-order valence-electron chi connectivity index (χ3n) is 9.12. The van der Waals surface area contributed by atoms with Crippen LogP contribution in [0.1, 0.15) is 25.0 Å². The van der Waals surface area contributed by atoms with Crippen molar-refractivity contribution in [3.63, 3.8) is 0 Å². The highest BCUT2D eigenvalue weighted by Gasteiger charge is 2.38. The average molecular weight is 484 g/mol. The van der Waals surface area contributed by atoms with Gasteiger partial charge in [0.25, 0.3) is 0 Å². The maximum absolute atomic E-state index is 2.51. The van der Waals surface area contributed by atoms with Crippen LogP contribution >= 0.6 is 0 Å². The highest BCUT2D eigenvalue weighted by Crippen LogP contribution is 2.54. The van der Waals surface area contributed by atoms with Gasteiger partial charge in [0.1, 0.15) is 0 Å². The van der Waals surface area contributed by atoms with Gasteiger partial charge in [-0.2, -0.15) is 0 Å². The van der Waals surface area contributed by atoms with Gasteiger partial charge >= 0.3 is 0 Å². The Morgan fingerprint density at radius 2 is 1.08 bits per heavy atom. The van der Waals surface area contributed by atoms with E-state index < -0.39 is 0 Å². The third kappa shape index (κ3) is 2.29. The zero-order valence-electron chi connectivity index (χ0n) is 21.4. The molecule has 9 rings (SSSR count). The van der Waals surface area contributed by atoms with E-state index in [-0.39, 0.29) is 5.41 Å². The Morgan fingerprint density at radius 1 is 0.447 bits per heavy atom. The fraction of sp³-hybridized carbons (Fsp3) is 0.0811. The molecule has 0 unspecified atom stereocenters. The quantitative estimate of drug-likeness (QED) is 0.219. The van der Waals surface area contributed by atoms with Gasteiger partial charge in [0.15, 0.2) is 0 Å². The van der Waals surface area contributed by atoms with Crippen LogP contribution in [0.5, 0.6) is 0 Å². The van der Waals surface area contributed by atoms with Crippen molar-refractivity contribution < 1.29 is 0 Å². The molecule has 0 radical (unpaired) electrons. The van der Waals surface area contributed by atoms with E-state index in [1.165, 1.54) is 82.8 Å². The average Bonchev–Trinajstić information content (AvgIpc) is 3.55. The number of hydrogen-bond acceptors (Lipinski definition) is 0. The number of benzene rings is 6. The van der Waals surface area contributed by atoms with E-state index in [0.29, 0.717) is 0 Å². The zero-order valence-corrected chi connectivity index (χ0v) is 21.4. The molecule has 1 aromatic heterocycles. The van der Waals surface area contributed by atoms with E-state index in [9.17, 15) is 0 Å². The number of aromatic nitrogens is 1. The Morgan fingerprint density at radius 3 is 1.92 bits per heavy atom. The Hall–Kier alpha value is -4.62. The van der Waals surface area contributed by atoms with E-state index >= 15 is 0 Å². The third-order valence-corrected chi connectivity index (χ3v) is 9.12. The first-order valence-corrected chi connectivity index (χ1v) is 13.5. The standard InChI is InChI=1S/C37H25N/c1-37(2)30-16-7-5-12-24(30)27-19-21-33-35(36(27)37)29-13-6-8-17-31(29)38(33)32-20-18-26-23-11-4-3-10-22(23)25-14-9-15-28(32)34(25)26/h3-21H,1-2H3. The number of para-hydroxylation sites is 1.